The second-order valence-electron chi connectivity index (χ2n) is 6.80. The molecule has 1 amide bonds. The van der Waals surface area contributed by atoms with Crippen LogP contribution in [-0.4, -0.2) is 18.7 Å². The number of nitrogens with zero attached hydrogens (tertiary/aromatic N) is 1. The summed E-state index contributed by atoms with van der Waals surface area (Å²) in [6.07, 6.45) is 1.82. The van der Waals surface area contributed by atoms with E-state index in [1.165, 1.54) is 11.1 Å². The summed E-state index contributed by atoms with van der Waals surface area (Å²) in [5.74, 6) is 0.453. The van der Waals surface area contributed by atoms with Crippen LogP contribution in [0.25, 0.3) is 0 Å². The second kappa shape index (κ2) is 9.00. The van der Waals surface area contributed by atoms with Gasteiger partial charge in [0.15, 0.2) is 6.61 Å². The third-order valence-corrected chi connectivity index (χ3v) is 4.41. The average molecular weight is 372 g/mol. The van der Waals surface area contributed by atoms with Crippen LogP contribution in [0.15, 0.2) is 71.7 Å². The standard InChI is InChI=1S/C24H24N2O2/c1-17-5-4-6-22(13-17)26-24(27)16-28-23-11-8-20(9-12-23)15-25-21-10-7-18(2)19(3)14-21/h4-15H,16H2,1-3H3,(H,26,27). The Morgan fingerprint density at radius 1 is 0.964 bits per heavy atom. The van der Waals surface area contributed by atoms with Crippen LogP contribution >= 0.6 is 0 Å². The lowest BCUT2D eigenvalue weighted by atomic mass is 10.1. The molecule has 0 aliphatic rings. The first kappa shape index (κ1) is 19.4. The second-order valence-corrected chi connectivity index (χ2v) is 6.80. The molecule has 3 aromatic rings. The SMILES string of the molecule is Cc1cccc(NC(=O)COc2ccc(C=Nc3ccc(C)c(C)c3)cc2)c1. The minimum absolute atomic E-state index is 0.0377. The first-order valence-electron chi connectivity index (χ1n) is 9.20. The van der Waals surface area contributed by atoms with Crippen LogP contribution in [0.1, 0.15) is 22.3 Å². The topological polar surface area (TPSA) is 50.7 Å². The van der Waals surface area contributed by atoms with Crippen LogP contribution in [0.2, 0.25) is 0 Å². The Hall–Kier alpha value is -3.40. The number of aliphatic imine (C=N–C) groups is 1. The fourth-order valence-electron chi connectivity index (χ4n) is 2.67. The van der Waals surface area contributed by atoms with Gasteiger partial charge in [0.05, 0.1) is 5.69 Å². The molecule has 4 nitrogen and oxygen atoms in total. The minimum Gasteiger partial charge on any atom is -0.484 e. The zero-order valence-electron chi connectivity index (χ0n) is 16.4. The molecule has 0 saturated heterocycles. The minimum atomic E-state index is -0.189. The summed E-state index contributed by atoms with van der Waals surface area (Å²) in [7, 11) is 0. The molecule has 1 N–H and O–H groups in total. The van der Waals surface area contributed by atoms with Crippen molar-refractivity contribution in [1.82, 2.24) is 0 Å². The molecule has 0 saturated carbocycles. The van der Waals surface area contributed by atoms with E-state index in [0.29, 0.717) is 5.75 Å². The Morgan fingerprint density at radius 3 is 2.46 bits per heavy atom. The van der Waals surface area contributed by atoms with Crippen molar-refractivity contribution < 1.29 is 9.53 Å². The lowest BCUT2D eigenvalue weighted by Gasteiger charge is -2.08. The molecule has 0 fully saturated rings. The van der Waals surface area contributed by atoms with Crippen molar-refractivity contribution in [3.63, 3.8) is 0 Å². The van der Waals surface area contributed by atoms with Crippen LogP contribution in [-0.2, 0) is 4.79 Å². The van der Waals surface area contributed by atoms with E-state index in [1.807, 2.05) is 67.7 Å². The number of benzene rings is 3. The fourth-order valence-corrected chi connectivity index (χ4v) is 2.67. The van der Waals surface area contributed by atoms with Gasteiger partial charge in [0.2, 0.25) is 0 Å². The Balaban J connectivity index is 1.53. The molecule has 28 heavy (non-hydrogen) atoms. The lowest BCUT2D eigenvalue weighted by molar-refractivity contribution is -0.118. The number of hydrogen-bond acceptors (Lipinski definition) is 3. The van der Waals surface area contributed by atoms with Gasteiger partial charge in [-0.15, -0.1) is 0 Å². The van der Waals surface area contributed by atoms with E-state index >= 15 is 0 Å². The normalized spacial score (nSPS) is 10.8. The summed E-state index contributed by atoms with van der Waals surface area (Å²) in [5.41, 5.74) is 6.24. The van der Waals surface area contributed by atoms with Gasteiger partial charge >= 0.3 is 0 Å². The van der Waals surface area contributed by atoms with Crippen molar-refractivity contribution in [1.29, 1.82) is 0 Å². The summed E-state index contributed by atoms with van der Waals surface area (Å²) < 4.78 is 5.56. The molecule has 0 spiro atoms. The van der Waals surface area contributed by atoms with Gasteiger partial charge in [-0.2, -0.15) is 0 Å². The number of aryl methyl sites for hydroxylation is 3. The molecule has 4 heteroatoms. The van der Waals surface area contributed by atoms with Crippen LogP contribution in [0, 0.1) is 20.8 Å². The average Bonchev–Trinajstić information content (AvgIpc) is 2.68. The van der Waals surface area contributed by atoms with Gasteiger partial charge in [0.25, 0.3) is 5.91 Å². The number of nitrogens with one attached hydrogen (secondary N) is 1. The van der Waals surface area contributed by atoms with Crippen molar-refractivity contribution in [2.75, 3.05) is 11.9 Å². The maximum atomic E-state index is 12.0. The molecule has 142 valence electrons. The van der Waals surface area contributed by atoms with Gasteiger partial charge in [-0.05, 0) is 91.6 Å². The van der Waals surface area contributed by atoms with Crippen LogP contribution < -0.4 is 10.1 Å². The quantitative estimate of drug-likeness (QED) is 0.591. The van der Waals surface area contributed by atoms with Crippen LogP contribution in [0.4, 0.5) is 11.4 Å². The van der Waals surface area contributed by atoms with Crippen LogP contribution in [0.3, 0.4) is 0 Å². The van der Waals surface area contributed by atoms with Gasteiger partial charge in [-0.25, -0.2) is 0 Å². The number of anilines is 1. The maximum absolute atomic E-state index is 12.0. The van der Waals surface area contributed by atoms with E-state index < -0.39 is 0 Å². The molecule has 3 aromatic carbocycles. The molecule has 0 atom stereocenters. The number of amides is 1. The van der Waals surface area contributed by atoms with Gasteiger partial charge in [0.1, 0.15) is 5.75 Å². The maximum Gasteiger partial charge on any atom is 0.262 e. The third-order valence-electron chi connectivity index (χ3n) is 4.41. The van der Waals surface area contributed by atoms with Crippen molar-refractivity contribution >= 4 is 23.5 Å². The Morgan fingerprint density at radius 2 is 1.75 bits per heavy atom. The van der Waals surface area contributed by atoms with E-state index in [-0.39, 0.29) is 12.5 Å². The molecule has 3 rings (SSSR count). The highest BCUT2D eigenvalue weighted by atomic mass is 16.5. The van der Waals surface area contributed by atoms with Crippen molar-refractivity contribution in [3.8, 4) is 5.75 Å². The highest BCUT2D eigenvalue weighted by Gasteiger charge is 2.04. The predicted octanol–water partition coefficient (Wildman–Crippen LogP) is 5.38. The molecular formula is C24H24N2O2. The van der Waals surface area contributed by atoms with E-state index in [4.69, 9.17) is 4.74 Å². The van der Waals surface area contributed by atoms with Crippen molar-refractivity contribution in [2.45, 2.75) is 20.8 Å². The lowest BCUT2D eigenvalue weighted by Crippen LogP contribution is -2.20. The van der Waals surface area contributed by atoms with E-state index in [9.17, 15) is 4.79 Å². The zero-order chi connectivity index (χ0) is 19.9. The number of rotatable bonds is 6. The fraction of sp³-hybridized carbons (Fsp3) is 0.167. The first-order valence-corrected chi connectivity index (χ1v) is 9.20. The van der Waals surface area contributed by atoms with E-state index in [1.54, 1.807) is 0 Å². The molecule has 0 heterocycles. The molecule has 0 aromatic heterocycles. The van der Waals surface area contributed by atoms with Crippen LogP contribution in [0.5, 0.6) is 5.75 Å². The summed E-state index contributed by atoms with van der Waals surface area (Å²) in [6.45, 7) is 6.11. The van der Waals surface area contributed by atoms with E-state index in [2.05, 4.69) is 36.3 Å². The molecule has 0 bridgehead atoms. The molecule has 0 aliphatic heterocycles. The summed E-state index contributed by atoms with van der Waals surface area (Å²) in [6, 6.07) is 21.3. The Kier molecular flexibility index (Phi) is 6.22. The highest BCUT2D eigenvalue weighted by Crippen LogP contribution is 2.18. The number of carbonyl (C=O) groups excluding carboxylic acids is 1. The third kappa shape index (κ3) is 5.55. The monoisotopic (exact) mass is 372 g/mol. The number of ether oxygens (including phenoxy) is 1. The predicted molar refractivity (Wildman–Crippen MR) is 115 cm³/mol. The summed E-state index contributed by atoms with van der Waals surface area (Å²) in [5, 5.41) is 2.83. The first-order chi connectivity index (χ1) is 13.5. The molecule has 0 unspecified atom stereocenters. The van der Waals surface area contributed by atoms with Crippen molar-refractivity contribution in [3.05, 3.63) is 89.0 Å². The largest absolute Gasteiger partial charge is 0.484 e. The number of hydrogen-bond donors (Lipinski definition) is 1. The summed E-state index contributed by atoms with van der Waals surface area (Å²) >= 11 is 0. The summed E-state index contributed by atoms with van der Waals surface area (Å²) in [4.78, 5) is 16.5. The van der Waals surface area contributed by atoms with Gasteiger partial charge in [0, 0.05) is 11.9 Å². The molecule has 0 aliphatic carbocycles. The van der Waals surface area contributed by atoms with Crippen molar-refractivity contribution in [2.24, 2.45) is 4.99 Å². The van der Waals surface area contributed by atoms with E-state index in [0.717, 1.165) is 22.5 Å². The number of carbonyl (C=O) groups is 1. The highest BCUT2D eigenvalue weighted by molar-refractivity contribution is 5.92. The van der Waals surface area contributed by atoms with Gasteiger partial charge < -0.3 is 10.1 Å². The zero-order valence-corrected chi connectivity index (χ0v) is 16.4. The smallest absolute Gasteiger partial charge is 0.262 e. The van der Waals surface area contributed by atoms with Gasteiger partial charge in [-0.1, -0.05) is 18.2 Å². The molecule has 0 radical (unpaired) electrons. The Labute approximate surface area is 165 Å². The Bertz CT molecular complexity index is 992. The van der Waals surface area contributed by atoms with Gasteiger partial charge in [-0.3, -0.25) is 9.79 Å². The molecular weight excluding hydrogens is 348 g/mol.